The lowest BCUT2D eigenvalue weighted by atomic mass is 9.78. The highest BCUT2D eigenvalue weighted by atomic mass is 16.7. The molecule has 0 aromatic heterocycles. The average Bonchev–Trinajstić information content (AvgIpc) is 2.72. The summed E-state index contributed by atoms with van der Waals surface area (Å²) in [6.07, 6.45) is 9.02. The summed E-state index contributed by atoms with van der Waals surface area (Å²) < 4.78 is 0. The number of benzene rings is 1. The van der Waals surface area contributed by atoms with Gasteiger partial charge < -0.3 is 9.74 Å². The van der Waals surface area contributed by atoms with Gasteiger partial charge in [0.1, 0.15) is 0 Å². The van der Waals surface area contributed by atoms with Crippen LogP contribution in [0.4, 0.5) is 0 Å². The summed E-state index contributed by atoms with van der Waals surface area (Å²) in [7, 11) is 0. The zero-order valence-electron chi connectivity index (χ0n) is 16.7. The molecule has 0 N–H and O–H groups in total. The molecule has 0 saturated carbocycles. The van der Waals surface area contributed by atoms with Crippen molar-refractivity contribution in [3.63, 3.8) is 0 Å². The number of hydrogen-bond donors (Lipinski definition) is 0. The largest absolute Gasteiger partial charge is 0.365 e. The monoisotopic (exact) mass is 368 g/mol. The fraction of sp³-hybridized carbons (Fsp3) is 0.565. The SMILES string of the molecule is CCCN(CCC)[C@H]1CCC2=C(CCC/C2=N\OC(=O)c2ccccc2)C1. The lowest BCUT2D eigenvalue weighted by Gasteiger charge is -2.37. The van der Waals surface area contributed by atoms with E-state index in [1.807, 2.05) is 18.2 Å². The number of nitrogens with zero attached hydrogens (tertiary/aromatic N) is 2. The normalized spacial score (nSPS) is 21.4. The Kier molecular flexibility index (Phi) is 7.22. The summed E-state index contributed by atoms with van der Waals surface area (Å²) in [5, 5.41) is 4.28. The third-order valence-corrected chi connectivity index (χ3v) is 5.66. The molecule has 0 saturated heterocycles. The van der Waals surface area contributed by atoms with Gasteiger partial charge in [-0.05, 0) is 82.2 Å². The molecule has 0 aliphatic heterocycles. The van der Waals surface area contributed by atoms with E-state index >= 15 is 0 Å². The molecule has 3 rings (SSSR count). The van der Waals surface area contributed by atoms with E-state index in [2.05, 4.69) is 23.9 Å². The van der Waals surface area contributed by atoms with Crippen molar-refractivity contribution in [3.05, 3.63) is 47.0 Å². The Labute approximate surface area is 163 Å². The minimum atomic E-state index is -0.374. The fourth-order valence-electron chi connectivity index (χ4n) is 4.41. The van der Waals surface area contributed by atoms with Crippen molar-refractivity contribution in [2.45, 2.75) is 71.3 Å². The maximum absolute atomic E-state index is 12.2. The number of oxime groups is 1. The minimum Gasteiger partial charge on any atom is -0.313 e. The molecule has 1 aromatic rings. The topological polar surface area (TPSA) is 41.9 Å². The van der Waals surface area contributed by atoms with Crippen molar-refractivity contribution in [2.24, 2.45) is 5.16 Å². The van der Waals surface area contributed by atoms with E-state index in [1.54, 1.807) is 17.7 Å². The van der Waals surface area contributed by atoms with Crippen molar-refractivity contribution in [1.82, 2.24) is 4.90 Å². The summed E-state index contributed by atoms with van der Waals surface area (Å²) in [6, 6.07) is 9.74. The van der Waals surface area contributed by atoms with E-state index in [-0.39, 0.29) is 5.97 Å². The van der Waals surface area contributed by atoms with Crippen LogP contribution < -0.4 is 0 Å². The van der Waals surface area contributed by atoms with Crippen LogP contribution in [0.25, 0.3) is 0 Å². The first-order valence-corrected chi connectivity index (χ1v) is 10.5. The van der Waals surface area contributed by atoms with Gasteiger partial charge in [-0.3, -0.25) is 0 Å². The summed E-state index contributed by atoms with van der Waals surface area (Å²) in [6.45, 7) is 6.92. The van der Waals surface area contributed by atoms with E-state index in [1.165, 1.54) is 44.3 Å². The van der Waals surface area contributed by atoms with E-state index in [0.717, 1.165) is 31.4 Å². The quantitative estimate of drug-likeness (QED) is 0.481. The first kappa shape index (κ1) is 19.8. The second-order valence-corrected chi connectivity index (χ2v) is 7.65. The Balaban J connectivity index is 1.69. The summed E-state index contributed by atoms with van der Waals surface area (Å²) in [4.78, 5) is 20.1. The highest BCUT2D eigenvalue weighted by molar-refractivity contribution is 6.02. The zero-order valence-corrected chi connectivity index (χ0v) is 16.7. The molecule has 0 radical (unpaired) electrons. The van der Waals surface area contributed by atoms with Crippen LogP contribution in [0.15, 0.2) is 46.6 Å². The van der Waals surface area contributed by atoms with E-state index < -0.39 is 0 Å². The van der Waals surface area contributed by atoms with Crippen molar-refractivity contribution in [1.29, 1.82) is 0 Å². The Morgan fingerprint density at radius 1 is 1.11 bits per heavy atom. The van der Waals surface area contributed by atoms with Crippen LogP contribution >= 0.6 is 0 Å². The first-order valence-electron chi connectivity index (χ1n) is 10.5. The molecule has 1 atom stereocenters. The molecule has 0 bridgehead atoms. The molecule has 0 heterocycles. The van der Waals surface area contributed by atoms with Crippen molar-refractivity contribution in [3.8, 4) is 0 Å². The fourth-order valence-corrected chi connectivity index (χ4v) is 4.41. The van der Waals surface area contributed by atoms with E-state index in [4.69, 9.17) is 4.84 Å². The third kappa shape index (κ3) is 5.07. The molecular formula is C23H32N2O2. The van der Waals surface area contributed by atoms with E-state index in [0.29, 0.717) is 11.6 Å². The molecule has 0 amide bonds. The Hall–Kier alpha value is -1.94. The van der Waals surface area contributed by atoms with Crippen molar-refractivity contribution in [2.75, 3.05) is 13.1 Å². The molecule has 27 heavy (non-hydrogen) atoms. The maximum atomic E-state index is 12.2. The van der Waals surface area contributed by atoms with Crippen LogP contribution in [0, 0.1) is 0 Å². The number of carbonyl (C=O) groups excluding carboxylic acids is 1. The Morgan fingerprint density at radius 2 is 1.85 bits per heavy atom. The van der Waals surface area contributed by atoms with Gasteiger partial charge in [0, 0.05) is 6.04 Å². The smallest absolute Gasteiger partial charge is 0.313 e. The molecule has 2 aliphatic rings. The number of rotatable bonds is 7. The van der Waals surface area contributed by atoms with Crippen LogP contribution in [-0.4, -0.2) is 35.7 Å². The molecule has 0 spiro atoms. The van der Waals surface area contributed by atoms with Crippen LogP contribution in [0.2, 0.25) is 0 Å². The van der Waals surface area contributed by atoms with Gasteiger partial charge in [-0.25, -0.2) is 4.79 Å². The lowest BCUT2D eigenvalue weighted by Crippen LogP contribution is -2.39. The molecule has 0 unspecified atom stereocenters. The van der Waals surface area contributed by atoms with Gasteiger partial charge in [0.15, 0.2) is 0 Å². The molecular weight excluding hydrogens is 336 g/mol. The van der Waals surface area contributed by atoms with E-state index in [9.17, 15) is 4.79 Å². The number of carbonyl (C=O) groups is 1. The Morgan fingerprint density at radius 3 is 2.56 bits per heavy atom. The minimum absolute atomic E-state index is 0.374. The average molecular weight is 369 g/mol. The number of allylic oxidation sites excluding steroid dienone is 1. The zero-order chi connectivity index (χ0) is 19.1. The summed E-state index contributed by atoms with van der Waals surface area (Å²) >= 11 is 0. The van der Waals surface area contributed by atoms with Crippen LogP contribution in [0.3, 0.4) is 0 Å². The van der Waals surface area contributed by atoms with Crippen molar-refractivity contribution >= 4 is 11.7 Å². The third-order valence-electron chi connectivity index (χ3n) is 5.66. The van der Waals surface area contributed by atoms with Gasteiger partial charge >= 0.3 is 5.97 Å². The van der Waals surface area contributed by atoms with Gasteiger partial charge in [0.2, 0.25) is 0 Å². The second kappa shape index (κ2) is 9.84. The van der Waals surface area contributed by atoms with Gasteiger partial charge in [-0.15, -0.1) is 0 Å². The maximum Gasteiger partial charge on any atom is 0.365 e. The molecule has 4 heteroatoms. The highest BCUT2D eigenvalue weighted by Crippen LogP contribution is 2.36. The molecule has 4 nitrogen and oxygen atoms in total. The molecule has 0 fully saturated rings. The van der Waals surface area contributed by atoms with Gasteiger partial charge in [0.25, 0.3) is 0 Å². The number of hydrogen-bond acceptors (Lipinski definition) is 4. The van der Waals surface area contributed by atoms with Gasteiger partial charge in [-0.2, -0.15) is 0 Å². The van der Waals surface area contributed by atoms with Crippen LogP contribution in [0.1, 0.15) is 75.6 Å². The van der Waals surface area contributed by atoms with Crippen LogP contribution in [0.5, 0.6) is 0 Å². The molecule has 146 valence electrons. The van der Waals surface area contributed by atoms with Crippen LogP contribution in [-0.2, 0) is 4.84 Å². The predicted molar refractivity (Wildman–Crippen MR) is 110 cm³/mol. The predicted octanol–water partition coefficient (Wildman–Crippen LogP) is 5.35. The van der Waals surface area contributed by atoms with Gasteiger partial charge in [-0.1, -0.05) is 42.8 Å². The highest BCUT2D eigenvalue weighted by Gasteiger charge is 2.29. The van der Waals surface area contributed by atoms with Gasteiger partial charge in [0.05, 0.1) is 11.3 Å². The lowest BCUT2D eigenvalue weighted by molar-refractivity contribution is 0.0515. The Bertz CT molecular complexity index is 688. The summed E-state index contributed by atoms with van der Waals surface area (Å²) in [5.74, 6) is -0.374. The first-order chi connectivity index (χ1) is 13.2. The van der Waals surface area contributed by atoms with Crippen molar-refractivity contribution < 1.29 is 9.63 Å². The summed E-state index contributed by atoms with van der Waals surface area (Å²) in [5.41, 5.74) is 4.46. The second-order valence-electron chi connectivity index (χ2n) is 7.65. The molecule has 2 aliphatic carbocycles. The standard InChI is InChI=1S/C23H32N2O2/c1-3-15-25(16-4-2)20-13-14-21-19(17-20)11-8-12-22(21)24-27-23(26)18-9-6-5-7-10-18/h5-7,9-10,20H,3-4,8,11-17H2,1-2H3/b24-22+/t20-/m0/s1. The molecule has 1 aromatic carbocycles.